The summed E-state index contributed by atoms with van der Waals surface area (Å²) in [7, 11) is 0. The maximum atomic E-state index is 12.5. The number of likely N-dealkylation sites (tertiary alicyclic amines) is 1. The van der Waals surface area contributed by atoms with Crippen molar-refractivity contribution in [2.24, 2.45) is 5.41 Å². The number of piperidine rings is 2. The Hall–Kier alpha value is -1.73. The summed E-state index contributed by atoms with van der Waals surface area (Å²) in [4.78, 5) is 18.9. The van der Waals surface area contributed by atoms with E-state index in [1.807, 2.05) is 21.7 Å². The molecule has 2 fully saturated rings. The van der Waals surface area contributed by atoms with Gasteiger partial charge in [0.05, 0.1) is 0 Å². The second-order valence-corrected chi connectivity index (χ2v) is 7.93. The molecule has 2 aliphatic rings. The van der Waals surface area contributed by atoms with Gasteiger partial charge >= 0.3 is 0 Å². The average Bonchev–Trinajstić information content (AvgIpc) is 3.32. The summed E-state index contributed by atoms with van der Waals surface area (Å²) >= 11 is 1.60. The SMILES string of the molecule is O=C(CCc1nc(-c2ccsc2)no1)N1CCC2(CCNCC2)CC1. The summed E-state index contributed by atoms with van der Waals surface area (Å²) < 4.78 is 5.28. The van der Waals surface area contributed by atoms with Crippen molar-refractivity contribution >= 4 is 17.2 Å². The third kappa shape index (κ3) is 3.77. The van der Waals surface area contributed by atoms with Crippen LogP contribution in [0.3, 0.4) is 0 Å². The molecule has 0 aliphatic carbocycles. The minimum atomic E-state index is 0.207. The highest BCUT2D eigenvalue weighted by Gasteiger charge is 2.36. The molecule has 1 N–H and O–H groups in total. The number of nitrogens with zero attached hydrogens (tertiary/aromatic N) is 3. The molecule has 0 atom stereocenters. The number of carbonyl (C=O) groups excluding carboxylic acids is 1. The predicted octanol–water partition coefficient (Wildman–Crippen LogP) is 2.72. The fourth-order valence-corrected chi connectivity index (χ4v) is 4.56. The Morgan fingerprint density at radius 3 is 2.80 bits per heavy atom. The Morgan fingerprint density at radius 2 is 2.08 bits per heavy atom. The van der Waals surface area contributed by atoms with E-state index in [1.165, 1.54) is 12.8 Å². The van der Waals surface area contributed by atoms with Gasteiger partial charge in [0, 0.05) is 36.9 Å². The van der Waals surface area contributed by atoms with E-state index in [2.05, 4.69) is 15.5 Å². The number of carbonyl (C=O) groups is 1. The largest absolute Gasteiger partial charge is 0.343 e. The van der Waals surface area contributed by atoms with Crippen molar-refractivity contribution in [2.75, 3.05) is 26.2 Å². The molecule has 2 saturated heterocycles. The minimum Gasteiger partial charge on any atom is -0.343 e. The molecule has 2 aromatic rings. The van der Waals surface area contributed by atoms with E-state index in [0.717, 1.165) is 44.6 Å². The van der Waals surface area contributed by atoms with Crippen LogP contribution in [-0.2, 0) is 11.2 Å². The fourth-order valence-electron chi connectivity index (χ4n) is 3.92. The Bertz CT molecular complexity index is 696. The van der Waals surface area contributed by atoms with Crippen LogP contribution in [0.2, 0.25) is 0 Å². The van der Waals surface area contributed by atoms with E-state index in [9.17, 15) is 4.79 Å². The normalized spacial score (nSPS) is 20.1. The van der Waals surface area contributed by atoms with Gasteiger partial charge in [-0.05, 0) is 55.6 Å². The van der Waals surface area contributed by atoms with Crippen molar-refractivity contribution in [1.29, 1.82) is 0 Å². The molecule has 2 aromatic heterocycles. The molecule has 1 spiro atoms. The average molecular weight is 360 g/mol. The van der Waals surface area contributed by atoms with Crippen molar-refractivity contribution < 1.29 is 9.32 Å². The van der Waals surface area contributed by atoms with E-state index in [0.29, 0.717) is 30.0 Å². The Morgan fingerprint density at radius 1 is 1.28 bits per heavy atom. The molecule has 25 heavy (non-hydrogen) atoms. The molecule has 0 radical (unpaired) electrons. The number of aromatic nitrogens is 2. The van der Waals surface area contributed by atoms with Crippen molar-refractivity contribution in [1.82, 2.24) is 20.4 Å². The van der Waals surface area contributed by atoms with Gasteiger partial charge in [-0.2, -0.15) is 16.3 Å². The Kier molecular flexibility index (Phi) is 4.85. The van der Waals surface area contributed by atoms with Gasteiger partial charge in [0.2, 0.25) is 17.6 Å². The number of nitrogens with one attached hydrogen (secondary N) is 1. The zero-order chi connectivity index (χ0) is 17.1. The minimum absolute atomic E-state index is 0.207. The predicted molar refractivity (Wildman–Crippen MR) is 96.3 cm³/mol. The van der Waals surface area contributed by atoms with Crippen LogP contribution in [0.1, 0.15) is 38.0 Å². The molecule has 0 unspecified atom stereocenters. The van der Waals surface area contributed by atoms with Gasteiger partial charge < -0.3 is 14.7 Å². The molecule has 0 bridgehead atoms. The third-order valence-corrected chi connectivity index (χ3v) is 6.32. The number of rotatable bonds is 4. The highest BCUT2D eigenvalue weighted by Crippen LogP contribution is 2.39. The highest BCUT2D eigenvalue weighted by molar-refractivity contribution is 7.08. The first-order chi connectivity index (χ1) is 12.2. The quantitative estimate of drug-likeness (QED) is 0.908. The lowest BCUT2D eigenvalue weighted by Crippen LogP contribution is -2.47. The van der Waals surface area contributed by atoms with Crippen molar-refractivity contribution in [3.8, 4) is 11.4 Å². The molecule has 7 heteroatoms. The monoisotopic (exact) mass is 360 g/mol. The summed E-state index contributed by atoms with van der Waals surface area (Å²) in [6.07, 6.45) is 5.75. The van der Waals surface area contributed by atoms with Gasteiger partial charge in [-0.3, -0.25) is 4.79 Å². The Labute approximate surface area is 151 Å². The first-order valence-electron chi connectivity index (χ1n) is 9.08. The summed E-state index contributed by atoms with van der Waals surface area (Å²) in [6, 6.07) is 1.97. The first-order valence-corrected chi connectivity index (χ1v) is 10.0. The molecule has 0 saturated carbocycles. The van der Waals surface area contributed by atoms with Gasteiger partial charge in [0.25, 0.3) is 0 Å². The number of hydrogen-bond acceptors (Lipinski definition) is 6. The van der Waals surface area contributed by atoms with Crippen LogP contribution in [0.25, 0.3) is 11.4 Å². The zero-order valence-electron chi connectivity index (χ0n) is 14.4. The van der Waals surface area contributed by atoms with E-state index < -0.39 is 0 Å². The Balaban J connectivity index is 1.27. The fraction of sp³-hybridized carbons (Fsp3) is 0.611. The maximum absolute atomic E-state index is 12.5. The standard InChI is InChI=1S/C18H24N4O2S/c23-16(22-10-6-18(7-11-22)4-8-19-9-5-18)2-1-15-20-17(21-24-15)14-3-12-25-13-14/h3,12-13,19H,1-2,4-11H2. The van der Waals surface area contributed by atoms with E-state index >= 15 is 0 Å². The van der Waals surface area contributed by atoms with Gasteiger partial charge in [-0.15, -0.1) is 0 Å². The van der Waals surface area contributed by atoms with E-state index in [1.54, 1.807) is 11.3 Å². The highest BCUT2D eigenvalue weighted by atomic mass is 32.1. The lowest BCUT2D eigenvalue weighted by atomic mass is 9.71. The summed E-state index contributed by atoms with van der Waals surface area (Å²) in [5, 5.41) is 11.4. The van der Waals surface area contributed by atoms with Gasteiger partial charge in [-0.25, -0.2) is 0 Å². The van der Waals surface area contributed by atoms with Gasteiger partial charge in [0.1, 0.15) is 0 Å². The third-order valence-electron chi connectivity index (χ3n) is 5.64. The summed E-state index contributed by atoms with van der Waals surface area (Å²) in [5.41, 5.74) is 1.44. The molecule has 0 aromatic carbocycles. The lowest BCUT2D eigenvalue weighted by molar-refractivity contribution is -0.133. The second-order valence-electron chi connectivity index (χ2n) is 7.15. The van der Waals surface area contributed by atoms with Crippen LogP contribution in [-0.4, -0.2) is 47.1 Å². The number of amides is 1. The topological polar surface area (TPSA) is 71.3 Å². The first kappa shape index (κ1) is 16.7. The van der Waals surface area contributed by atoms with Crippen LogP contribution in [0.15, 0.2) is 21.3 Å². The van der Waals surface area contributed by atoms with E-state index in [4.69, 9.17) is 4.52 Å². The van der Waals surface area contributed by atoms with Gasteiger partial charge in [0.15, 0.2) is 0 Å². The second kappa shape index (κ2) is 7.25. The van der Waals surface area contributed by atoms with Crippen molar-refractivity contribution in [3.05, 3.63) is 22.7 Å². The lowest BCUT2D eigenvalue weighted by Gasteiger charge is -2.44. The van der Waals surface area contributed by atoms with Crippen LogP contribution in [0.4, 0.5) is 0 Å². The molecule has 2 aliphatic heterocycles. The van der Waals surface area contributed by atoms with Crippen LogP contribution < -0.4 is 5.32 Å². The summed E-state index contributed by atoms with van der Waals surface area (Å²) in [5.74, 6) is 1.36. The van der Waals surface area contributed by atoms with Gasteiger partial charge in [-0.1, -0.05) is 5.16 Å². The maximum Gasteiger partial charge on any atom is 0.227 e. The molecule has 6 nitrogen and oxygen atoms in total. The van der Waals surface area contributed by atoms with Crippen molar-refractivity contribution in [3.63, 3.8) is 0 Å². The molecule has 1 amide bonds. The smallest absolute Gasteiger partial charge is 0.227 e. The van der Waals surface area contributed by atoms with Crippen molar-refractivity contribution in [2.45, 2.75) is 38.5 Å². The molecular formula is C18H24N4O2S. The molecule has 4 heterocycles. The number of aryl methyl sites for hydroxylation is 1. The number of thiophene rings is 1. The van der Waals surface area contributed by atoms with Crippen LogP contribution in [0.5, 0.6) is 0 Å². The summed E-state index contributed by atoms with van der Waals surface area (Å²) in [6.45, 7) is 4.03. The van der Waals surface area contributed by atoms with Crippen LogP contribution >= 0.6 is 11.3 Å². The zero-order valence-corrected chi connectivity index (χ0v) is 15.2. The molecule has 134 valence electrons. The number of hydrogen-bond donors (Lipinski definition) is 1. The molecule has 4 rings (SSSR count). The molecular weight excluding hydrogens is 336 g/mol. The van der Waals surface area contributed by atoms with E-state index in [-0.39, 0.29) is 5.91 Å². The van der Waals surface area contributed by atoms with Crippen LogP contribution in [0, 0.1) is 5.41 Å².